The molecule has 8 heteroatoms. The minimum Gasteiger partial charge on any atom is -0.353 e. The molecule has 1 fully saturated rings. The second-order valence-corrected chi connectivity index (χ2v) is 7.95. The third-order valence-electron chi connectivity index (χ3n) is 5.85. The first-order chi connectivity index (χ1) is 16.1. The summed E-state index contributed by atoms with van der Waals surface area (Å²) in [6.45, 7) is 2.49. The van der Waals surface area contributed by atoms with Crippen LogP contribution in [0.4, 0.5) is 10.2 Å². The quantitative estimate of drug-likeness (QED) is 0.483. The lowest BCUT2D eigenvalue weighted by Crippen LogP contribution is -2.49. The van der Waals surface area contributed by atoms with Gasteiger partial charge in [0.15, 0.2) is 0 Å². The number of anilines is 1. The number of halogens is 1. The highest BCUT2D eigenvalue weighted by Gasteiger charge is 2.25. The number of benzene rings is 2. The van der Waals surface area contributed by atoms with Gasteiger partial charge in [0.05, 0.1) is 11.4 Å². The zero-order valence-electron chi connectivity index (χ0n) is 18.2. The van der Waals surface area contributed by atoms with Crippen molar-refractivity contribution in [2.75, 3.05) is 31.1 Å². The van der Waals surface area contributed by atoms with Crippen molar-refractivity contribution in [1.29, 1.82) is 0 Å². The molecule has 0 N–H and O–H groups in total. The number of rotatable bonds is 4. The Kier molecular flexibility index (Phi) is 5.56. The van der Waals surface area contributed by atoms with E-state index in [1.165, 1.54) is 18.5 Å². The number of piperazine rings is 1. The Labute approximate surface area is 191 Å². The van der Waals surface area contributed by atoms with Crippen LogP contribution in [-0.2, 0) is 7.05 Å². The molecule has 0 aliphatic carbocycles. The number of carbonyl (C=O) groups excluding carboxylic acids is 1. The Morgan fingerprint density at radius 1 is 0.848 bits per heavy atom. The summed E-state index contributed by atoms with van der Waals surface area (Å²) in [5.74, 6) is 0.489. The molecule has 1 aliphatic heterocycles. The lowest BCUT2D eigenvalue weighted by molar-refractivity contribution is 0.0735. The topological polar surface area (TPSA) is 67.2 Å². The predicted molar refractivity (Wildman–Crippen MR) is 124 cm³/mol. The van der Waals surface area contributed by atoms with Gasteiger partial charge in [0.1, 0.15) is 23.7 Å². The van der Waals surface area contributed by atoms with E-state index in [2.05, 4.69) is 20.0 Å². The first-order valence-corrected chi connectivity index (χ1v) is 10.8. The van der Waals surface area contributed by atoms with Crippen molar-refractivity contribution in [3.63, 3.8) is 0 Å². The molecule has 0 unspecified atom stereocenters. The number of carbonyl (C=O) groups is 1. The van der Waals surface area contributed by atoms with Crippen LogP contribution in [0.15, 0.2) is 73.1 Å². The zero-order chi connectivity index (χ0) is 22.8. The van der Waals surface area contributed by atoms with Gasteiger partial charge in [-0.05, 0) is 30.3 Å². The van der Waals surface area contributed by atoms with E-state index in [9.17, 15) is 9.18 Å². The van der Waals surface area contributed by atoms with Gasteiger partial charge in [0, 0.05) is 50.4 Å². The van der Waals surface area contributed by atoms with Gasteiger partial charge in [-0.15, -0.1) is 0 Å². The Morgan fingerprint density at radius 2 is 1.55 bits per heavy atom. The van der Waals surface area contributed by atoms with Crippen molar-refractivity contribution in [3.8, 4) is 22.5 Å². The smallest absolute Gasteiger partial charge is 0.272 e. The third-order valence-corrected chi connectivity index (χ3v) is 5.85. The maximum absolute atomic E-state index is 13.2. The number of hydrogen-bond acceptors (Lipinski definition) is 5. The van der Waals surface area contributed by atoms with Gasteiger partial charge >= 0.3 is 0 Å². The van der Waals surface area contributed by atoms with Crippen molar-refractivity contribution in [3.05, 3.63) is 84.6 Å². The maximum Gasteiger partial charge on any atom is 0.272 e. The number of aromatic nitrogens is 4. The lowest BCUT2D eigenvalue weighted by Gasteiger charge is -2.35. The summed E-state index contributed by atoms with van der Waals surface area (Å²) in [5.41, 5.74) is 3.91. The van der Waals surface area contributed by atoms with Gasteiger partial charge in [-0.1, -0.05) is 30.3 Å². The molecule has 1 amide bonds. The van der Waals surface area contributed by atoms with E-state index in [0.29, 0.717) is 31.9 Å². The maximum atomic E-state index is 13.2. The van der Waals surface area contributed by atoms with E-state index in [1.54, 1.807) is 23.9 Å². The van der Waals surface area contributed by atoms with E-state index in [-0.39, 0.29) is 11.7 Å². The van der Waals surface area contributed by atoms with Crippen LogP contribution in [0.25, 0.3) is 22.5 Å². The minimum absolute atomic E-state index is 0.0264. The molecular formula is C25H23FN6O. The van der Waals surface area contributed by atoms with Gasteiger partial charge in [0.25, 0.3) is 5.91 Å². The molecule has 33 heavy (non-hydrogen) atoms. The molecule has 0 radical (unpaired) electrons. The first kappa shape index (κ1) is 20.8. The summed E-state index contributed by atoms with van der Waals surface area (Å²) in [6.07, 6.45) is 1.52. The van der Waals surface area contributed by atoms with Crippen molar-refractivity contribution >= 4 is 11.7 Å². The normalized spacial score (nSPS) is 13.9. The standard InChI is InChI=1S/C25H23FN6O/c1-30-23(15-22(29-30)18-5-3-2-4-6-18)25(33)32-13-11-31(12-14-32)24-16-21(27-17-28-24)19-7-9-20(26)10-8-19/h2-10,15-17H,11-14H2,1H3. The summed E-state index contributed by atoms with van der Waals surface area (Å²) in [5, 5.41) is 4.52. The molecule has 166 valence electrons. The van der Waals surface area contributed by atoms with E-state index >= 15 is 0 Å². The summed E-state index contributed by atoms with van der Waals surface area (Å²) < 4.78 is 14.9. The number of hydrogen-bond donors (Lipinski definition) is 0. The van der Waals surface area contributed by atoms with Gasteiger partial charge in [-0.3, -0.25) is 9.48 Å². The Bertz CT molecular complexity index is 1260. The van der Waals surface area contributed by atoms with Crippen LogP contribution in [0.5, 0.6) is 0 Å². The molecule has 0 spiro atoms. The molecule has 0 saturated carbocycles. The molecule has 1 aliphatic rings. The van der Waals surface area contributed by atoms with E-state index in [0.717, 1.165) is 28.3 Å². The SMILES string of the molecule is Cn1nc(-c2ccccc2)cc1C(=O)N1CCN(c2cc(-c3ccc(F)cc3)ncn2)CC1. The lowest BCUT2D eigenvalue weighted by atomic mass is 10.1. The van der Waals surface area contributed by atoms with E-state index < -0.39 is 0 Å². The Balaban J connectivity index is 1.27. The van der Waals surface area contributed by atoms with Crippen molar-refractivity contribution in [2.24, 2.45) is 7.05 Å². The molecule has 3 heterocycles. The molecule has 5 rings (SSSR count). The van der Waals surface area contributed by atoms with Crippen LogP contribution in [0.1, 0.15) is 10.5 Å². The molecule has 0 bridgehead atoms. The van der Waals surface area contributed by atoms with E-state index in [4.69, 9.17) is 0 Å². The van der Waals surface area contributed by atoms with Crippen molar-refractivity contribution in [1.82, 2.24) is 24.6 Å². The minimum atomic E-state index is -0.280. The van der Waals surface area contributed by atoms with Crippen LogP contribution >= 0.6 is 0 Å². The molecule has 7 nitrogen and oxygen atoms in total. The summed E-state index contributed by atoms with van der Waals surface area (Å²) in [6, 6.07) is 19.8. The zero-order valence-corrected chi connectivity index (χ0v) is 18.2. The average Bonchev–Trinajstić information content (AvgIpc) is 3.26. The summed E-state index contributed by atoms with van der Waals surface area (Å²) >= 11 is 0. The van der Waals surface area contributed by atoms with Crippen LogP contribution in [0.3, 0.4) is 0 Å². The van der Waals surface area contributed by atoms with Crippen molar-refractivity contribution in [2.45, 2.75) is 0 Å². The number of aryl methyl sites for hydroxylation is 1. The average molecular weight is 442 g/mol. The summed E-state index contributed by atoms with van der Waals surface area (Å²) in [4.78, 5) is 25.9. The Hall–Kier alpha value is -4.07. The first-order valence-electron chi connectivity index (χ1n) is 10.8. The van der Waals surface area contributed by atoms with Crippen LogP contribution in [0, 0.1) is 5.82 Å². The molecular weight excluding hydrogens is 419 g/mol. The second kappa shape index (κ2) is 8.82. The van der Waals surface area contributed by atoms with Gasteiger partial charge in [0.2, 0.25) is 0 Å². The molecule has 4 aromatic rings. The Morgan fingerprint density at radius 3 is 2.27 bits per heavy atom. The van der Waals surface area contributed by atoms with Crippen molar-refractivity contribution < 1.29 is 9.18 Å². The molecule has 2 aromatic carbocycles. The third kappa shape index (κ3) is 4.32. The largest absolute Gasteiger partial charge is 0.353 e. The fourth-order valence-corrected chi connectivity index (χ4v) is 4.02. The van der Waals surface area contributed by atoms with Gasteiger partial charge in [-0.2, -0.15) is 5.10 Å². The number of nitrogens with zero attached hydrogens (tertiary/aromatic N) is 6. The molecule has 0 atom stereocenters. The fourth-order valence-electron chi connectivity index (χ4n) is 4.02. The van der Waals surface area contributed by atoms with Crippen LogP contribution in [-0.4, -0.2) is 56.7 Å². The molecule has 1 saturated heterocycles. The van der Waals surface area contributed by atoms with E-state index in [1.807, 2.05) is 47.4 Å². The van der Waals surface area contributed by atoms with Crippen LogP contribution in [0.2, 0.25) is 0 Å². The highest BCUT2D eigenvalue weighted by molar-refractivity contribution is 5.94. The second-order valence-electron chi connectivity index (χ2n) is 7.95. The van der Waals surface area contributed by atoms with Gasteiger partial charge < -0.3 is 9.80 Å². The monoisotopic (exact) mass is 442 g/mol. The highest BCUT2D eigenvalue weighted by Crippen LogP contribution is 2.23. The van der Waals surface area contributed by atoms with Gasteiger partial charge in [-0.25, -0.2) is 14.4 Å². The van der Waals surface area contributed by atoms with Crippen LogP contribution < -0.4 is 4.90 Å². The predicted octanol–water partition coefficient (Wildman–Crippen LogP) is 3.65. The summed E-state index contributed by atoms with van der Waals surface area (Å²) in [7, 11) is 1.80. The fraction of sp³-hybridized carbons (Fsp3) is 0.200. The highest BCUT2D eigenvalue weighted by atomic mass is 19.1. The number of amides is 1. The molecule has 2 aromatic heterocycles.